The summed E-state index contributed by atoms with van der Waals surface area (Å²) in [4.78, 5) is 11.4. The van der Waals surface area contributed by atoms with Crippen LogP contribution in [0.4, 0.5) is 10.1 Å². The molecule has 2 aromatic rings. The van der Waals surface area contributed by atoms with E-state index in [-0.39, 0.29) is 0 Å². The minimum absolute atomic E-state index is 0.333. The number of halogens is 3. The van der Waals surface area contributed by atoms with Crippen LogP contribution in [0, 0.1) is 5.82 Å². The van der Waals surface area contributed by atoms with Gasteiger partial charge in [-0.2, -0.15) is 0 Å². The number of aliphatic carboxylic acids is 1. The maximum atomic E-state index is 13.1. The molecular formula is C14H10Cl2FNO2. The summed E-state index contributed by atoms with van der Waals surface area (Å²) < 4.78 is 13.1. The number of anilines is 1. The van der Waals surface area contributed by atoms with E-state index in [1.165, 1.54) is 36.4 Å². The highest BCUT2D eigenvalue weighted by atomic mass is 35.5. The number of nitrogens with one attached hydrogen (secondary N) is 1. The summed E-state index contributed by atoms with van der Waals surface area (Å²) in [6.07, 6.45) is 0. The van der Waals surface area contributed by atoms with Crippen molar-refractivity contribution in [3.8, 4) is 0 Å². The molecule has 0 heterocycles. The van der Waals surface area contributed by atoms with Gasteiger partial charge in [-0.25, -0.2) is 9.18 Å². The quantitative estimate of drug-likeness (QED) is 0.881. The van der Waals surface area contributed by atoms with Gasteiger partial charge < -0.3 is 10.4 Å². The minimum Gasteiger partial charge on any atom is -0.479 e. The zero-order valence-electron chi connectivity index (χ0n) is 10.1. The standard InChI is InChI=1S/C14H10Cl2FNO2/c15-9-4-8(5-10(16)6-9)13(14(19)20)18-12-3-1-2-11(17)7-12/h1-7,13,18H,(H,19,20). The van der Waals surface area contributed by atoms with E-state index in [0.717, 1.165) is 0 Å². The maximum absolute atomic E-state index is 13.1. The van der Waals surface area contributed by atoms with Crippen LogP contribution in [-0.2, 0) is 4.79 Å². The Hall–Kier alpha value is -1.78. The molecule has 0 fully saturated rings. The van der Waals surface area contributed by atoms with Gasteiger partial charge in [0, 0.05) is 15.7 Å². The summed E-state index contributed by atoms with van der Waals surface area (Å²) in [5.74, 6) is -1.57. The smallest absolute Gasteiger partial charge is 0.330 e. The van der Waals surface area contributed by atoms with Crippen molar-refractivity contribution >= 4 is 34.9 Å². The molecule has 0 amide bonds. The Morgan fingerprint density at radius 1 is 1.15 bits per heavy atom. The first kappa shape index (κ1) is 14.6. The highest BCUT2D eigenvalue weighted by Gasteiger charge is 2.20. The lowest BCUT2D eigenvalue weighted by molar-refractivity contribution is -0.138. The molecule has 0 saturated heterocycles. The number of carbonyl (C=O) groups is 1. The second-order valence-electron chi connectivity index (χ2n) is 4.13. The molecule has 2 aromatic carbocycles. The van der Waals surface area contributed by atoms with Crippen molar-refractivity contribution in [2.24, 2.45) is 0 Å². The van der Waals surface area contributed by atoms with E-state index < -0.39 is 17.8 Å². The van der Waals surface area contributed by atoms with Crippen LogP contribution in [0.15, 0.2) is 42.5 Å². The van der Waals surface area contributed by atoms with Gasteiger partial charge in [0.25, 0.3) is 0 Å². The normalized spacial score (nSPS) is 11.9. The Balaban J connectivity index is 2.34. The van der Waals surface area contributed by atoms with Gasteiger partial charge in [0.15, 0.2) is 6.04 Å². The van der Waals surface area contributed by atoms with Crippen LogP contribution in [0.3, 0.4) is 0 Å². The molecule has 1 atom stereocenters. The maximum Gasteiger partial charge on any atom is 0.330 e. The molecule has 0 aromatic heterocycles. The predicted molar refractivity (Wildman–Crippen MR) is 76.9 cm³/mol. The molecule has 0 saturated carbocycles. The molecule has 0 spiro atoms. The fraction of sp³-hybridized carbons (Fsp3) is 0.0714. The summed E-state index contributed by atoms with van der Waals surface area (Å²) in [6.45, 7) is 0. The van der Waals surface area contributed by atoms with Crippen LogP contribution in [0.1, 0.15) is 11.6 Å². The first-order chi connectivity index (χ1) is 9.45. The molecular weight excluding hydrogens is 304 g/mol. The lowest BCUT2D eigenvalue weighted by Crippen LogP contribution is -2.20. The van der Waals surface area contributed by atoms with Crippen LogP contribution in [0.2, 0.25) is 10.0 Å². The van der Waals surface area contributed by atoms with Gasteiger partial charge in [0.05, 0.1) is 0 Å². The van der Waals surface area contributed by atoms with E-state index in [9.17, 15) is 14.3 Å². The fourth-order valence-electron chi connectivity index (χ4n) is 1.77. The second-order valence-corrected chi connectivity index (χ2v) is 5.00. The lowest BCUT2D eigenvalue weighted by atomic mass is 10.1. The van der Waals surface area contributed by atoms with Gasteiger partial charge in [0.1, 0.15) is 5.82 Å². The van der Waals surface area contributed by atoms with Crippen LogP contribution in [-0.4, -0.2) is 11.1 Å². The third kappa shape index (κ3) is 3.62. The van der Waals surface area contributed by atoms with Crippen molar-refractivity contribution in [2.75, 3.05) is 5.32 Å². The SMILES string of the molecule is O=C(O)C(Nc1cccc(F)c1)c1cc(Cl)cc(Cl)c1. The molecule has 1 unspecified atom stereocenters. The zero-order chi connectivity index (χ0) is 14.7. The van der Waals surface area contributed by atoms with Gasteiger partial charge >= 0.3 is 5.97 Å². The summed E-state index contributed by atoms with van der Waals surface area (Å²) in [5, 5.41) is 12.7. The van der Waals surface area contributed by atoms with E-state index in [2.05, 4.69) is 5.32 Å². The number of carboxylic acid groups (broad SMARTS) is 1. The lowest BCUT2D eigenvalue weighted by Gasteiger charge is -2.17. The Labute approximate surface area is 124 Å². The van der Waals surface area contributed by atoms with Crippen LogP contribution < -0.4 is 5.32 Å². The molecule has 2 rings (SSSR count). The van der Waals surface area contributed by atoms with Gasteiger partial charge in [0.2, 0.25) is 0 Å². The van der Waals surface area contributed by atoms with Gasteiger partial charge in [-0.05, 0) is 42.0 Å². The van der Waals surface area contributed by atoms with Crippen LogP contribution in [0.5, 0.6) is 0 Å². The first-order valence-electron chi connectivity index (χ1n) is 5.66. The van der Waals surface area contributed by atoms with E-state index in [1.54, 1.807) is 6.07 Å². The summed E-state index contributed by atoms with van der Waals surface area (Å²) in [5.41, 5.74) is 0.743. The number of rotatable bonds is 4. The van der Waals surface area contributed by atoms with Gasteiger partial charge in [-0.15, -0.1) is 0 Å². The molecule has 20 heavy (non-hydrogen) atoms. The summed E-state index contributed by atoms with van der Waals surface area (Å²) in [7, 11) is 0. The van der Waals surface area contributed by atoms with E-state index in [1.807, 2.05) is 0 Å². The third-order valence-electron chi connectivity index (χ3n) is 2.60. The molecule has 0 aliphatic heterocycles. The molecule has 6 heteroatoms. The largest absolute Gasteiger partial charge is 0.479 e. The number of carboxylic acids is 1. The molecule has 0 aliphatic carbocycles. The Kier molecular flexibility index (Phi) is 4.47. The summed E-state index contributed by atoms with van der Waals surface area (Å²) in [6, 6.07) is 8.98. The van der Waals surface area contributed by atoms with Gasteiger partial charge in [-0.3, -0.25) is 0 Å². The monoisotopic (exact) mass is 313 g/mol. The Morgan fingerprint density at radius 2 is 1.80 bits per heavy atom. The molecule has 3 nitrogen and oxygen atoms in total. The highest BCUT2D eigenvalue weighted by Crippen LogP contribution is 2.26. The molecule has 0 bridgehead atoms. The van der Waals surface area contributed by atoms with Crippen molar-refractivity contribution < 1.29 is 14.3 Å². The second kappa shape index (κ2) is 6.11. The molecule has 104 valence electrons. The molecule has 2 N–H and O–H groups in total. The van der Waals surface area contributed by atoms with Crippen molar-refractivity contribution in [2.45, 2.75) is 6.04 Å². The average molecular weight is 314 g/mol. The van der Waals surface area contributed by atoms with Crippen molar-refractivity contribution in [3.63, 3.8) is 0 Å². The number of benzene rings is 2. The van der Waals surface area contributed by atoms with E-state index >= 15 is 0 Å². The Bertz CT molecular complexity index is 629. The first-order valence-corrected chi connectivity index (χ1v) is 6.42. The van der Waals surface area contributed by atoms with Crippen LogP contribution >= 0.6 is 23.2 Å². The molecule has 0 aliphatic rings. The van der Waals surface area contributed by atoms with E-state index in [4.69, 9.17) is 23.2 Å². The van der Waals surface area contributed by atoms with Crippen molar-refractivity contribution in [1.82, 2.24) is 0 Å². The molecule has 0 radical (unpaired) electrons. The van der Waals surface area contributed by atoms with E-state index in [0.29, 0.717) is 21.3 Å². The topological polar surface area (TPSA) is 49.3 Å². The van der Waals surface area contributed by atoms with Crippen molar-refractivity contribution in [3.05, 3.63) is 63.9 Å². The van der Waals surface area contributed by atoms with Crippen molar-refractivity contribution in [1.29, 1.82) is 0 Å². The third-order valence-corrected chi connectivity index (χ3v) is 3.04. The summed E-state index contributed by atoms with van der Waals surface area (Å²) >= 11 is 11.7. The van der Waals surface area contributed by atoms with Gasteiger partial charge in [-0.1, -0.05) is 29.3 Å². The minimum atomic E-state index is -1.12. The number of hydrogen-bond acceptors (Lipinski definition) is 2. The zero-order valence-corrected chi connectivity index (χ0v) is 11.6. The highest BCUT2D eigenvalue weighted by molar-refractivity contribution is 6.34. The van der Waals surface area contributed by atoms with Crippen LogP contribution in [0.25, 0.3) is 0 Å². The average Bonchev–Trinajstić information content (AvgIpc) is 2.34. The Morgan fingerprint density at radius 3 is 2.35 bits per heavy atom. The number of hydrogen-bond donors (Lipinski definition) is 2. The fourth-order valence-corrected chi connectivity index (χ4v) is 2.32. The predicted octanol–water partition coefficient (Wildman–Crippen LogP) is 4.37.